The molecule has 0 aliphatic heterocycles. The number of nitro benzene ring substituents is 2. The fourth-order valence-corrected chi connectivity index (χ4v) is 2.58. The summed E-state index contributed by atoms with van der Waals surface area (Å²) >= 11 is 0. The van der Waals surface area contributed by atoms with E-state index in [1.165, 1.54) is 6.07 Å². The SMILES string of the molecule is N#CC1(Cc2ccc([N+](=O)[O-])cc2[N+](=O)[O-])CCCC1=O. The molecule has 8 nitrogen and oxygen atoms in total. The van der Waals surface area contributed by atoms with Crippen molar-refractivity contribution in [3.8, 4) is 6.07 Å². The number of nitrogens with zero attached hydrogens (tertiary/aromatic N) is 3. The van der Waals surface area contributed by atoms with Crippen molar-refractivity contribution in [2.24, 2.45) is 5.41 Å². The maximum Gasteiger partial charge on any atom is 0.279 e. The summed E-state index contributed by atoms with van der Waals surface area (Å²) in [6.45, 7) is 0. The van der Waals surface area contributed by atoms with E-state index in [0.717, 1.165) is 12.1 Å². The molecule has 1 fully saturated rings. The molecule has 0 aromatic heterocycles. The van der Waals surface area contributed by atoms with Crippen LogP contribution in [0.5, 0.6) is 0 Å². The second kappa shape index (κ2) is 5.28. The largest absolute Gasteiger partial charge is 0.298 e. The van der Waals surface area contributed by atoms with Gasteiger partial charge in [-0.05, 0) is 18.9 Å². The molecule has 0 bridgehead atoms. The number of ketones is 1. The highest BCUT2D eigenvalue weighted by Gasteiger charge is 2.43. The number of hydrogen-bond donors (Lipinski definition) is 0. The molecule has 1 aliphatic rings. The Balaban J connectivity index is 2.45. The standard InChI is InChI=1S/C13H11N3O5/c14-8-13(5-1-2-12(13)17)7-9-3-4-10(15(18)19)6-11(9)16(20)21/h3-4,6H,1-2,5,7H2. The third kappa shape index (κ3) is 2.58. The lowest BCUT2D eigenvalue weighted by Gasteiger charge is -2.18. The predicted molar refractivity (Wildman–Crippen MR) is 70.4 cm³/mol. The van der Waals surface area contributed by atoms with Crippen molar-refractivity contribution in [2.75, 3.05) is 0 Å². The summed E-state index contributed by atoms with van der Waals surface area (Å²) in [5, 5.41) is 31.0. The number of nitriles is 1. The Hall–Kier alpha value is -2.82. The van der Waals surface area contributed by atoms with E-state index < -0.39 is 26.6 Å². The lowest BCUT2D eigenvalue weighted by Crippen LogP contribution is -2.26. The lowest BCUT2D eigenvalue weighted by molar-refractivity contribution is -0.394. The van der Waals surface area contributed by atoms with Crippen LogP contribution in [-0.4, -0.2) is 15.6 Å². The summed E-state index contributed by atoms with van der Waals surface area (Å²) in [4.78, 5) is 32.2. The Morgan fingerprint density at radius 1 is 1.29 bits per heavy atom. The van der Waals surface area contributed by atoms with Crippen LogP contribution in [0.4, 0.5) is 11.4 Å². The van der Waals surface area contributed by atoms with Gasteiger partial charge in [0.1, 0.15) is 5.41 Å². The van der Waals surface area contributed by atoms with Gasteiger partial charge in [-0.2, -0.15) is 5.26 Å². The van der Waals surface area contributed by atoms with Gasteiger partial charge in [0.25, 0.3) is 11.4 Å². The molecule has 0 amide bonds. The molecule has 0 radical (unpaired) electrons. The first-order valence-corrected chi connectivity index (χ1v) is 6.26. The van der Waals surface area contributed by atoms with Crippen LogP contribution in [-0.2, 0) is 11.2 Å². The molecule has 8 heteroatoms. The number of rotatable bonds is 4. The van der Waals surface area contributed by atoms with Gasteiger partial charge in [-0.15, -0.1) is 0 Å². The zero-order chi connectivity index (χ0) is 15.6. The van der Waals surface area contributed by atoms with Crippen LogP contribution in [0.15, 0.2) is 18.2 Å². The minimum absolute atomic E-state index is 0.0867. The Morgan fingerprint density at radius 3 is 2.48 bits per heavy atom. The summed E-state index contributed by atoms with van der Waals surface area (Å²) in [6.07, 6.45) is 1.13. The third-order valence-corrected chi connectivity index (χ3v) is 3.72. The van der Waals surface area contributed by atoms with E-state index >= 15 is 0 Å². The summed E-state index contributed by atoms with van der Waals surface area (Å²) in [7, 11) is 0. The van der Waals surface area contributed by atoms with Crippen molar-refractivity contribution in [1.82, 2.24) is 0 Å². The maximum atomic E-state index is 11.9. The predicted octanol–water partition coefficient (Wildman–Crippen LogP) is 2.31. The molecular formula is C13H11N3O5. The topological polar surface area (TPSA) is 127 Å². The molecule has 108 valence electrons. The number of carbonyl (C=O) groups is 1. The Bertz CT molecular complexity index is 679. The number of non-ortho nitro benzene ring substituents is 1. The van der Waals surface area contributed by atoms with E-state index in [-0.39, 0.29) is 24.2 Å². The summed E-state index contributed by atoms with van der Waals surface area (Å²) in [6, 6.07) is 5.23. The molecule has 1 aliphatic carbocycles. The quantitative estimate of drug-likeness (QED) is 0.618. The van der Waals surface area contributed by atoms with Gasteiger partial charge in [-0.25, -0.2) is 0 Å². The average molecular weight is 289 g/mol. The van der Waals surface area contributed by atoms with Crippen molar-refractivity contribution in [3.63, 3.8) is 0 Å². The van der Waals surface area contributed by atoms with Crippen LogP contribution < -0.4 is 0 Å². The number of hydrogen-bond acceptors (Lipinski definition) is 6. The van der Waals surface area contributed by atoms with Crippen LogP contribution in [0.25, 0.3) is 0 Å². The molecule has 21 heavy (non-hydrogen) atoms. The fraction of sp³-hybridized carbons (Fsp3) is 0.385. The Labute approximate surface area is 119 Å². The second-order valence-electron chi connectivity index (χ2n) is 4.97. The molecule has 1 saturated carbocycles. The molecule has 0 N–H and O–H groups in total. The fourth-order valence-electron chi connectivity index (χ4n) is 2.58. The van der Waals surface area contributed by atoms with Gasteiger partial charge in [0, 0.05) is 24.5 Å². The molecule has 0 saturated heterocycles. The third-order valence-electron chi connectivity index (χ3n) is 3.72. The minimum atomic E-state index is -1.25. The number of benzene rings is 1. The molecule has 0 spiro atoms. The molecule has 1 aromatic carbocycles. The molecule has 1 unspecified atom stereocenters. The first-order chi connectivity index (χ1) is 9.89. The van der Waals surface area contributed by atoms with Gasteiger partial charge < -0.3 is 0 Å². The first kappa shape index (κ1) is 14.6. The second-order valence-corrected chi connectivity index (χ2v) is 4.97. The molecular weight excluding hydrogens is 278 g/mol. The Morgan fingerprint density at radius 2 is 2.00 bits per heavy atom. The average Bonchev–Trinajstić information content (AvgIpc) is 2.80. The monoisotopic (exact) mass is 289 g/mol. The number of nitro groups is 2. The van der Waals surface area contributed by atoms with E-state index in [1.54, 1.807) is 0 Å². The van der Waals surface area contributed by atoms with Crippen molar-refractivity contribution in [2.45, 2.75) is 25.7 Å². The van der Waals surface area contributed by atoms with Gasteiger partial charge in [-0.3, -0.25) is 25.0 Å². The van der Waals surface area contributed by atoms with E-state index in [4.69, 9.17) is 0 Å². The summed E-state index contributed by atoms with van der Waals surface area (Å²) < 4.78 is 0. The van der Waals surface area contributed by atoms with E-state index in [1.807, 2.05) is 6.07 Å². The smallest absolute Gasteiger partial charge is 0.279 e. The zero-order valence-corrected chi connectivity index (χ0v) is 10.9. The summed E-state index contributed by atoms with van der Waals surface area (Å²) in [5.74, 6) is -0.224. The van der Waals surface area contributed by atoms with Gasteiger partial charge in [-0.1, -0.05) is 0 Å². The van der Waals surface area contributed by atoms with Gasteiger partial charge in [0.05, 0.1) is 22.0 Å². The van der Waals surface area contributed by atoms with Crippen LogP contribution in [0.3, 0.4) is 0 Å². The molecule has 2 rings (SSSR count). The highest BCUT2D eigenvalue weighted by Crippen LogP contribution is 2.39. The summed E-state index contributed by atoms with van der Waals surface area (Å²) in [5.41, 5.74) is -1.91. The highest BCUT2D eigenvalue weighted by atomic mass is 16.6. The van der Waals surface area contributed by atoms with Crippen LogP contribution >= 0.6 is 0 Å². The van der Waals surface area contributed by atoms with E-state index in [9.17, 15) is 30.3 Å². The molecule has 1 aromatic rings. The molecule has 0 heterocycles. The van der Waals surface area contributed by atoms with Gasteiger partial charge in [0.2, 0.25) is 0 Å². The maximum absolute atomic E-state index is 11.9. The number of Topliss-reactive ketones (excluding diaryl/α,β-unsaturated/α-hetero) is 1. The van der Waals surface area contributed by atoms with Crippen molar-refractivity contribution >= 4 is 17.2 Å². The van der Waals surface area contributed by atoms with Crippen molar-refractivity contribution < 1.29 is 14.6 Å². The van der Waals surface area contributed by atoms with Gasteiger partial charge in [0.15, 0.2) is 5.78 Å². The zero-order valence-electron chi connectivity index (χ0n) is 10.9. The van der Waals surface area contributed by atoms with Gasteiger partial charge >= 0.3 is 0 Å². The minimum Gasteiger partial charge on any atom is -0.298 e. The van der Waals surface area contributed by atoms with Crippen molar-refractivity contribution in [3.05, 3.63) is 44.0 Å². The van der Waals surface area contributed by atoms with E-state index in [2.05, 4.69) is 0 Å². The van der Waals surface area contributed by atoms with Crippen LogP contribution in [0.1, 0.15) is 24.8 Å². The number of carbonyl (C=O) groups excluding carboxylic acids is 1. The first-order valence-electron chi connectivity index (χ1n) is 6.26. The normalized spacial score (nSPS) is 21.0. The Kier molecular flexibility index (Phi) is 3.67. The van der Waals surface area contributed by atoms with Crippen LogP contribution in [0, 0.1) is 37.0 Å². The van der Waals surface area contributed by atoms with E-state index in [0.29, 0.717) is 12.8 Å². The highest BCUT2D eigenvalue weighted by molar-refractivity contribution is 5.89. The van der Waals surface area contributed by atoms with Crippen molar-refractivity contribution in [1.29, 1.82) is 5.26 Å². The molecule has 1 atom stereocenters. The van der Waals surface area contributed by atoms with Crippen LogP contribution in [0.2, 0.25) is 0 Å². The lowest BCUT2D eigenvalue weighted by atomic mass is 9.80.